The average Bonchev–Trinajstić information content (AvgIpc) is 2.30. The van der Waals surface area contributed by atoms with Gasteiger partial charge >= 0.3 is 0 Å². The number of hydrogen-bond acceptors (Lipinski definition) is 1. The summed E-state index contributed by atoms with van der Waals surface area (Å²) >= 11 is 0. The maximum absolute atomic E-state index is 11.1. The molecule has 1 heterocycles. The maximum Gasteiger partial charge on any atom is 0.0535 e. The molecular formula is C8H10OS. The molecule has 1 rings (SSSR count). The lowest BCUT2D eigenvalue weighted by molar-refractivity contribution is 0.688. The number of allylic oxidation sites excluding steroid dienone is 3. The number of rotatable bonds is 2. The SMILES string of the molecule is C=CC1=C(C=C)S(=O)CC1. The number of hydrogen-bond donors (Lipinski definition) is 0. The smallest absolute Gasteiger partial charge is 0.0535 e. The Kier molecular flexibility index (Phi) is 2.22. The summed E-state index contributed by atoms with van der Waals surface area (Å²) in [7, 11) is -0.800. The quantitative estimate of drug-likeness (QED) is 0.592. The van der Waals surface area contributed by atoms with Crippen LogP contribution in [0.15, 0.2) is 35.8 Å². The molecule has 0 fully saturated rings. The van der Waals surface area contributed by atoms with Crippen molar-refractivity contribution < 1.29 is 4.21 Å². The summed E-state index contributed by atoms with van der Waals surface area (Å²) < 4.78 is 11.1. The summed E-state index contributed by atoms with van der Waals surface area (Å²) in [6.07, 6.45) is 4.32. The summed E-state index contributed by atoms with van der Waals surface area (Å²) in [5.41, 5.74) is 1.09. The second-order valence-corrected chi connectivity index (χ2v) is 3.64. The molecule has 0 aromatic heterocycles. The van der Waals surface area contributed by atoms with Crippen LogP contribution in [-0.4, -0.2) is 9.96 Å². The zero-order chi connectivity index (χ0) is 7.56. The summed E-state index contributed by atoms with van der Waals surface area (Å²) in [6, 6.07) is 0. The molecule has 0 aliphatic carbocycles. The second-order valence-electron chi connectivity index (χ2n) is 2.10. The molecule has 0 saturated heterocycles. The van der Waals surface area contributed by atoms with E-state index in [2.05, 4.69) is 13.2 Å². The van der Waals surface area contributed by atoms with Crippen molar-refractivity contribution in [2.75, 3.05) is 5.75 Å². The van der Waals surface area contributed by atoms with Crippen molar-refractivity contribution in [2.24, 2.45) is 0 Å². The zero-order valence-corrected chi connectivity index (χ0v) is 6.62. The van der Waals surface area contributed by atoms with E-state index in [0.717, 1.165) is 22.7 Å². The highest BCUT2D eigenvalue weighted by molar-refractivity contribution is 7.89. The van der Waals surface area contributed by atoms with Crippen molar-refractivity contribution in [3.63, 3.8) is 0 Å². The van der Waals surface area contributed by atoms with Crippen molar-refractivity contribution in [2.45, 2.75) is 6.42 Å². The van der Waals surface area contributed by atoms with Gasteiger partial charge < -0.3 is 0 Å². The van der Waals surface area contributed by atoms with Gasteiger partial charge in [0, 0.05) is 10.7 Å². The van der Waals surface area contributed by atoms with Crippen LogP contribution >= 0.6 is 0 Å². The largest absolute Gasteiger partial charge is 0.254 e. The molecule has 0 spiro atoms. The van der Waals surface area contributed by atoms with Gasteiger partial charge in [-0.2, -0.15) is 0 Å². The Balaban J connectivity index is 3.02. The van der Waals surface area contributed by atoms with Gasteiger partial charge in [-0.3, -0.25) is 4.21 Å². The van der Waals surface area contributed by atoms with Crippen molar-refractivity contribution in [3.8, 4) is 0 Å². The monoisotopic (exact) mass is 154 g/mol. The van der Waals surface area contributed by atoms with Crippen LogP contribution in [0.25, 0.3) is 0 Å². The Morgan fingerprint density at radius 1 is 1.40 bits per heavy atom. The molecule has 2 heteroatoms. The molecule has 1 atom stereocenters. The molecule has 0 aromatic rings. The Morgan fingerprint density at radius 2 is 2.10 bits per heavy atom. The van der Waals surface area contributed by atoms with E-state index in [1.165, 1.54) is 0 Å². The Hall–Kier alpha value is -0.630. The first-order chi connectivity index (χ1) is 4.79. The van der Waals surface area contributed by atoms with Crippen molar-refractivity contribution in [1.29, 1.82) is 0 Å². The van der Waals surface area contributed by atoms with Gasteiger partial charge in [-0.05, 0) is 12.0 Å². The molecule has 0 aromatic carbocycles. The van der Waals surface area contributed by atoms with Gasteiger partial charge in [-0.15, -0.1) is 0 Å². The van der Waals surface area contributed by atoms with Gasteiger partial charge in [0.1, 0.15) is 0 Å². The average molecular weight is 154 g/mol. The Bertz CT molecular complexity index is 225. The topological polar surface area (TPSA) is 17.1 Å². The molecule has 10 heavy (non-hydrogen) atoms. The maximum atomic E-state index is 11.1. The minimum atomic E-state index is -0.800. The standard InChI is InChI=1S/C8H10OS/c1-3-7-5-6-10(9)8(7)4-2/h3-4H,1-2,5-6H2. The summed E-state index contributed by atoms with van der Waals surface area (Å²) in [5, 5.41) is 0. The highest BCUT2D eigenvalue weighted by atomic mass is 32.2. The van der Waals surface area contributed by atoms with Crippen molar-refractivity contribution >= 4 is 10.8 Å². The van der Waals surface area contributed by atoms with Crippen LogP contribution < -0.4 is 0 Å². The molecule has 0 saturated carbocycles. The highest BCUT2D eigenvalue weighted by Crippen LogP contribution is 2.23. The third-order valence-corrected chi connectivity index (χ3v) is 3.04. The van der Waals surface area contributed by atoms with E-state index in [1.54, 1.807) is 12.2 Å². The summed E-state index contributed by atoms with van der Waals surface area (Å²) in [4.78, 5) is 0.870. The minimum absolute atomic E-state index is 0.739. The molecule has 0 bridgehead atoms. The van der Waals surface area contributed by atoms with Crippen LogP contribution in [-0.2, 0) is 10.8 Å². The van der Waals surface area contributed by atoms with Crippen molar-refractivity contribution in [1.82, 2.24) is 0 Å². The van der Waals surface area contributed by atoms with Crippen molar-refractivity contribution in [3.05, 3.63) is 35.8 Å². The van der Waals surface area contributed by atoms with Gasteiger partial charge in [-0.1, -0.05) is 25.3 Å². The zero-order valence-electron chi connectivity index (χ0n) is 5.80. The van der Waals surface area contributed by atoms with Gasteiger partial charge in [0.25, 0.3) is 0 Å². The van der Waals surface area contributed by atoms with Crippen LogP contribution in [0, 0.1) is 0 Å². The predicted octanol–water partition coefficient (Wildman–Crippen LogP) is 1.76. The molecule has 0 radical (unpaired) electrons. The fraction of sp³-hybridized carbons (Fsp3) is 0.250. The highest BCUT2D eigenvalue weighted by Gasteiger charge is 2.16. The molecule has 1 unspecified atom stereocenters. The van der Waals surface area contributed by atoms with Crippen LogP contribution in [0.1, 0.15) is 6.42 Å². The predicted molar refractivity (Wildman–Crippen MR) is 45.0 cm³/mol. The van der Waals surface area contributed by atoms with Crippen LogP contribution in [0.3, 0.4) is 0 Å². The Morgan fingerprint density at radius 3 is 2.50 bits per heavy atom. The van der Waals surface area contributed by atoms with E-state index < -0.39 is 10.8 Å². The van der Waals surface area contributed by atoms with Gasteiger partial charge in [0.15, 0.2) is 0 Å². The van der Waals surface area contributed by atoms with E-state index in [9.17, 15) is 4.21 Å². The normalized spacial score (nSPS) is 25.0. The molecule has 1 nitrogen and oxygen atoms in total. The van der Waals surface area contributed by atoms with E-state index in [4.69, 9.17) is 0 Å². The van der Waals surface area contributed by atoms with Gasteiger partial charge in [0.05, 0.1) is 10.8 Å². The first-order valence-corrected chi connectivity index (χ1v) is 4.48. The molecular weight excluding hydrogens is 144 g/mol. The molecule has 1 aliphatic rings. The van der Waals surface area contributed by atoms with Crippen LogP contribution in [0.5, 0.6) is 0 Å². The Labute approximate surface area is 63.6 Å². The lowest BCUT2D eigenvalue weighted by atomic mass is 10.2. The fourth-order valence-electron chi connectivity index (χ4n) is 1.01. The van der Waals surface area contributed by atoms with E-state index >= 15 is 0 Å². The first kappa shape index (κ1) is 7.48. The van der Waals surface area contributed by atoms with Gasteiger partial charge in [-0.25, -0.2) is 0 Å². The lowest BCUT2D eigenvalue weighted by Gasteiger charge is -1.91. The van der Waals surface area contributed by atoms with Crippen LogP contribution in [0.4, 0.5) is 0 Å². The molecule has 0 amide bonds. The fourth-order valence-corrected chi connectivity index (χ4v) is 2.30. The second kappa shape index (κ2) is 2.97. The lowest BCUT2D eigenvalue weighted by Crippen LogP contribution is -1.87. The van der Waals surface area contributed by atoms with Crippen LogP contribution in [0.2, 0.25) is 0 Å². The van der Waals surface area contributed by atoms with E-state index in [-0.39, 0.29) is 0 Å². The van der Waals surface area contributed by atoms with Gasteiger partial charge in [0.2, 0.25) is 0 Å². The molecule has 0 N–H and O–H groups in total. The van der Waals surface area contributed by atoms with E-state index in [1.807, 2.05) is 0 Å². The summed E-state index contributed by atoms with van der Waals surface area (Å²) in [5.74, 6) is 0.739. The third kappa shape index (κ3) is 1.12. The molecule has 1 aliphatic heterocycles. The molecule has 54 valence electrons. The minimum Gasteiger partial charge on any atom is -0.254 e. The third-order valence-electron chi connectivity index (χ3n) is 1.55. The summed E-state index contributed by atoms with van der Waals surface area (Å²) in [6.45, 7) is 7.23. The van der Waals surface area contributed by atoms with E-state index in [0.29, 0.717) is 0 Å². The first-order valence-electron chi connectivity index (χ1n) is 3.16.